The number of halogens is 1. The summed E-state index contributed by atoms with van der Waals surface area (Å²) >= 11 is 0. The predicted molar refractivity (Wildman–Crippen MR) is 96.9 cm³/mol. The molecule has 0 saturated carbocycles. The zero-order valence-corrected chi connectivity index (χ0v) is 15.1. The van der Waals surface area contributed by atoms with Crippen LogP contribution in [0.3, 0.4) is 0 Å². The number of hydrogen-bond donors (Lipinski definition) is 1. The number of carbonyl (C=O) groups is 1. The van der Waals surface area contributed by atoms with E-state index in [2.05, 4.69) is 5.32 Å². The average Bonchev–Trinajstić information content (AvgIpc) is 3.11. The van der Waals surface area contributed by atoms with Crippen molar-refractivity contribution < 1.29 is 26.8 Å². The molecule has 0 atom stereocenters. The molecule has 0 unspecified atom stereocenters. The molecular formula is C19H16FNO5S. The van der Waals surface area contributed by atoms with Crippen molar-refractivity contribution in [2.24, 2.45) is 0 Å². The maximum absolute atomic E-state index is 13.3. The third-order valence-electron chi connectivity index (χ3n) is 3.81. The Labute approximate surface area is 155 Å². The lowest BCUT2D eigenvalue weighted by Gasteiger charge is -2.10. The number of sulfone groups is 1. The zero-order chi connectivity index (χ0) is 19.4. The largest absolute Gasteiger partial charge is 0.494 e. The van der Waals surface area contributed by atoms with E-state index in [1.165, 1.54) is 43.7 Å². The number of furan rings is 1. The summed E-state index contributed by atoms with van der Waals surface area (Å²) in [5, 5.41) is 2.54. The molecule has 3 aromatic rings. The Kier molecular flexibility index (Phi) is 5.27. The summed E-state index contributed by atoms with van der Waals surface area (Å²) in [5.41, 5.74) is 0.453. The molecule has 0 aliphatic heterocycles. The zero-order valence-electron chi connectivity index (χ0n) is 14.3. The number of amides is 1. The van der Waals surface area contributed by atoms with E-state index in [4.69, 9.17) is 9.15 Å². The Balaban J connectivity index is 1.84. The molecule has 6 nitrogen and oxygen atoms in total. The van der Waals surface area contributed by atoms with Crippen molar-refractivity contribution in [2.75, 3.05) is 12.4 Å². The smallest absolute Gasteiger partial charge is 0.291 e. The first-order chi connectivity index (χ1) is 12.9. The summed E-state index contributed by atoms with van der Waals surface area (Å²) in [5.74, 6) is -1.58. The van der Waals surface area contributed by atoms with Gasteiger partial charge in [-0.15, -0.1) is 0 Å². The number of rotatable bonds is 6. The van der Waals surface area contributed by atoms with Crippen LogP contribution in [0.4, 0.5) is 10.1 Å². The van der Waals surface area contributed by atoms with Crippen LogP contribution in [0.1, 0.15) is 16.1 Å². The van der Waals surface area contributed by atoms with Crippen LogP contribution in [0.25, 0.3) is 0 Å². The summed E-state index contributed by atoms with van der Waals surface area (Å²) in [6, 6.07) is 13.0. The second-order valence-electron chi connectivity index (χ2n) is 5.65. The van der Waals surface area contributed by atoms with Crippen LogP contribution < -0.4 is 10.1 Å². The van der Waals surface area contributed by atoms with Gasteiger partial charge < -0.3 is 14.5 Å². The molecule has 0 spiro atoms. The molecular weight excluding hydrogens is 373 g/mol. The van der Waals surface area contributed by atoms with Crippen molar-refractivity contribution in [3.8, 4) is 5.75 Å². The van der Waals surface area contributed by atoms with E-state index in [0.29, 0.717) is 0 Å². The molecule has 0 saturated heterocycles. The monoisotopic (exact) mass is 389 g/mol. The van der Waals surface area contributed by atoms with Crippen LogP contribution >= 0.6 is 0 Å². The Morgan fingerprint density at radius 3 is 2.59 bits per heavy atom. The van der Waals surface area contributed by atoms with Gasteiger partial charge in [0.15, 0.2) is 15.6 Å². The fourth-order valence-electron chi connectivity index (χ4n) is 2.51. The molecule has 1 aromatic heterocycles. The number of methoxy groups -OCH3 is 1. The second kappa shape index (κ2) is 7.63. The lowest BCUT2D eigenvalue weighted by atomic mass is 10.2. The molecule has 0 fully saturated rings. The van der Waals surface area contributed by atoms with Gasteiger partial charge in [0.05, 0.1) is 29.7 Å². The third-order valence-corrected chi connectivity index (χ3v) is 5.49. The van der Waals surface area contributed by atoms with Gasteiger partial charge in [-0.1, -0.05) is 18.2 Å². The highest BCUT2D eigenvalue weighted by Gasteiger charge is 2.23. The molecule has 1 heterocycles. The number of carbonyl (C=O) groups excluding carboxylic acids is 1. The van der Waals surface area contributed by atoms with Crippen molar-refractivity contribution in [3.63, 3.8) is 0 Å². The van der Waals surface area contributed by atoms with E-state index in [1.807, 2.05) is 0 Å². The fourth-order valence-corrected chi connectivity index (χ4v) is 3.89. The van der Waals surface area contributed by atoms with Gasteiger partial charge in [0, 0.05) is 11.6 Å². The number of benzene rings is 2. The Hall–Kier alpha value is -3.13. The molecule has 0 aliphatic rings. The SMILES string of the molecule is COc1cc(F)ccc1NC(=O)c1occc1CS(=O)(=O)c1ccccc1. The first-order valence-electron chi connectivity index (χ1n) is 7.90. The standard InChI is InChI=1S/C19H16FNO5S/c1-25-17-11-14(20)7-8-16(17)21-19(22)18-13(9-10-26-18)12-27(23,24)15-5-3-2-4-6-15/h2-11H,12H2,1H3,(H,21,22). The van der Waals surface area contributed by atoms with Crippen LogP contribution in [-0.2, 0) is 15.6 Å². The Morgan fingerprint density at radius 2 is 1.89 bits per heavy atom. The van der Waals surface area contributed by atoms with E-state index in [-0.39, 0.29) is 27.7 Å². The van der Waals surface area contributed by atoms with Gasteiger partial charge in [-0.3, -0.25) is 4.79 Å². The molecule has 1 N–H and O–H groups in total. The van der Waals surface area contributed by atoms with E-state index in [1.54, 1.807) is 18.2 Å². The number of ether oxygens (including phenoxy) is 1. The fraction of sp³-hybridized carbons (Fsp3) is 0.105. The molecule has 3 rings (SSSR count). The maximum Gasteiger partial charge on any atom is 0.291 e. The van der Waals surface area contributed by atoms with Gasteiger partial charge in [0.1, 0.15) is 11.6 Å². The minimum Gasteiger partial charge on any atom is -0.494 e. The molecule has 2 aromatic carbocycles. The summed E-state index contributed by atoms with van der Waals surface area (Å²) in [6.07, 6.45) is 1.24. The summed E-state index contributed by atoms with van der Waals surface area (Å²) in [6.45, 7) is 0. The number of nitrogens with one attached hydrogen (secondary N) is 1. The number of anilines is 1. The molecule has 8 heteroatoms. The first-order valence-corrected chi connectivity index (χ1v) is 9.55. The van der Waals surface area contributed by atoms with Crippen LogP contribution in [-0.4, -0.2) is 21.4 Å². The van der Waals surface area contributed by atoms with Crippen molar-refractivity contribution >= 4 is 21.4 Å². The van der Waals surface area contributed by atoms with Crippen molar-refractivity contribution in [3.05, 3.63) is 78.0 Å². The van der Waals surface area contributed by atoms with Crippen LogP contribution in [0.5, 0.6) is 5.75 Å². The lowest BCUT2D eigenvalue weighted by molar-refractivity contribution is 0.0995. The van der Waals surface area contributed by atoms with Gasteiger partial charge in [0.2, 0.25) is 0 Å². The third kappa shape index (κ3) is 4.17. The van der Waals surface area contributed by atoms with E-state index >= 15 is 0 Å². The average molecular weight is 389 g/mol. The summed E-state index contributed by atoms with van der Waals surface area (Å²) in [7, 11) is -2.30. The van der Waals surface area contributed by atoms with Gasteiger partial charge in [-0.05, 0) is 30.3 Å². The molecule has 0 aliphatic carbocycles. The second-order valence-corrected chi connectivity index (χ2v) is 7.64. The molecule has 1 amide bonds. The predicted octanol–water partition coefficient (Wildman–Crippen LogP) is 3.65. The van der Waals surface area contributed by atoms with E-state index in [9.17, 15) is 17.6 Å². The normalized spacial score (nSPS) is 11.2. The lowest BCUT2D eigenvalue weighted by Crippen LogP contribution is -2.15. The van der Waals surface area contributed by atoms with Crippen LogP contribution in [0, 0.1) is 5.82 Å². The first kappa shape index (κ1) is 18.7. The quantitative estimate of drug-likeness (QED) is 0.695. The van der Waals surface area contributed by atoms with Gasteiger partial charge in [-0.2, -0.15) is 0 Å². The van der Waals surface area contributed by atoms with Crippen molar-refractivity contribution in [2.45, 2.75) is 10.6 Å². The molecule has 140 valence electrons. The van der Waals surface area contributed by atoms with Crippen molar-refractivity contribution in [1.82, 2.24) is 0 Å². The summed E-state index contributed by atoms with van der Waals surface area (Å²) in [4.78, 5) is 12.7. The summed E-state index contributed by atoms with van der Waals surface area (Å²) < 4.78 is 48.6. The highest BCUT2D eigenvalue weighted by Crippen LogP contribution is 2.27. The maximum atomic E-state index is 13.3. The minimum absolute atomic E-state index is 0.133. The van der Waals surface area contributed by atoms with E-state index in [0.717, 1.165) is 6.07 Å². The number of hydrogen-bond acceptors (Lipinski definition) is 5. The minimum atomic E-state index is -3.64. The van der Waals surface area contributed by atoms with Crippen molar-refractivity contribution in [1.29, 1.82) is 0 Å². The Bertz CT molecular complexity index is 1060. The van der Waals surface area contributed by atoms with Gasteiger partial charge >= 0.3 is 0 Å². The molecule has 27 heavy (non-hydrogen) atoms. The van der Waals surface area contributed by atoms with Gasteiger partial charge in [-0.25, -0.2) is 12.8 Å². The Morgan fingerprint density at radius 1 is 1.15 bits per heavy atom. The van der Waals surface area contributed by atoms with E-state index < -0.39 is 27.3 Å². The topological polar surface area (TPSA) is 85.6 Å². The van der Waals surface area contributed by atoms with Crippen LogP contribution in [0.15, 0.2) is 70.2 Å². The molecule has 0 radical (unpaired) electrons. The highest BCUT2D eigenvalue weighted by atomic mass is 32.2. The highest BCUT2D eigenvalue weighted by molar-refractivity contribution is 7.90. The van der Waals surface area contributed by atoms with Crippen LogP contribution in [0.2, 0.25) is 0 Å². The van der Waals surface area contributed by atoms with Gasteiger partial charge in [0.25, 0.3) is 5.91 Å². The molecule has 0 bridgehead atoms.